The third kappa shape index (κ3) is 3.40. The summed E-state index contributed by atoms with van der Waals surface area (Å²) in [7, 11) is 0. The Bertz CT molecular complexity index is 945. The van der Waals surface area contributed by atoms with Gasteiger partial charge in [-0.05, 0) is 23.8 Å². The molecule has 25 heavy (non-hydrogen) atoms. The summed E-state index contributed by atoms with van der Waals surface area (Å²) in [6, 6.07) is 15.3. The minimum absolute atomic E-state index is 0.00809. The molecule has 0 unspecified atom stereocenters. The Morgan fingerprint density at radius 1 is 1.12 bits per heavy atom. The van der Waals surface area contributed by atoms with Gasteiger partial charge in [-0.15, -0.1) is 0 Å². The van der Waals surface area contributed by atoms with Crippen molar-refractivity contribution in [3.8, 4) is 0 Å². The second-order valence-electron chi connectivity index (χ2n) is 6.27. The Morgan fingerprint density at radius 3 is 2.76 bits per heavy atom. The van der Waals surface area contributed by atoms with E-state index in [-0.39, 0.29) is 17.6 Å². The Hall–Kier alpha value is -2.70. The molecule has 6 nitrogen and oxygen atoms in total. The second-order valence-corrected chi connectivity index (χ2v) is 6.27. The van der Waals surface area contributed by atoms with Gasteiger partial charge in [0.25, 0.3) is 0 Å². The van der Waals surface area contributed by atoms with Crippen molar-refractivity contribution < 1.29 is 9.53 Å². The van der Waals surface area contributed by atoms with Gasteiger partial charge in [-0.25, -0.2) is 4.79 Å². The number of hydrogen-bond donors (Lipinski definition) is 2. The van der Waals surface area contributed by atoms with Gasteiger partial charge in [0.2, 0.25) is 0 Å². The minimum atomic E-state index is -0.265. The molecule has 0 bridgehead atoms. The number of nitrogens with zero attached hydrogens (tertiary/aromatic N) is 1. The van der Waals surface area contributed by atoms with Crippen LogP contribution in [0.2, 0.25) is 0 Å². The summed E-state index contributed by atoms with van der Waals surface area (Å²) < 4.78 is 5.85. The van der Waals surface area contributed by atoms with Gasteiger partial charge >= 0.3 is 5.69 Å². The number of ether oxygens (including phenoxy) is 1. The first-order chi connectivity index (χ1) is 12.2. The Morgan fingerprint density at radius 2 is 1.92 bits per heavy atom. The molecule has 1 fully saturated rings. The van der Waals surface area contributed by atoms with Gasteiger partial charge in [0.05, 0.1) is 30.3 Å². The molecule has 2 N–H and O–H groups in total. The van der Waals surface area contributed by atoms with Crippen molar-refractivity contribution in [1.29, 1.82) is 0 Å². The molecule has 3 aromatic rings. The molecule has 2 heterocycles. The summed E-state index contributed by atoms with van der Waals surface area (Å²) in [6.07, 6.45) is -0.00809. The van der Waals surface area contributed by atoms with E-state index in [1.165, 1.54) is 0 Å². The number of nitrogens with one attached hydrogen (secondary N) is 2. The van der Waals surface area contributed by atoms with Gasteiger partial charge < -0.3 is 14.7 Å². The third-order valence-corrected chi connectivity index (χ3v) is 4.53. The van der Waals surface area contributed by atoms with Crippen molar-refractivity contribution in [1.82, 2.24) is 14.9 Å². The molecule has 1 atom stereocenters. The van der Waals surface area contributed by atoms with Crippen LogP contribution in [0.5, 0.6) is 0 Å². The second kappa shape index (κ2) is 6.66. The maximum Gasteiger partial charge on any atom is 0.323 e. The van der Waals surface area contributed by atoms with E-state index in [1.54, 1.807) is 18.2 Å². The molecule has 6 heteroatoms. The number of morpholine rings is 1. The first-order valence-corrected chi connectivity index (χ1v) is 8.33. The van der Waals surface area contributed by atoms with Crippen LogP contribution in [0.25, 0.3) is 11.0 Å². The third-order valence-electron chi connectivity index (χ3n) is 4.53. The van der Waals surface area contributed by atoms with Crippen LogP contribution in [-0.4, -0.2) is 46.9 Å². The summed E-state index contributed by atoms with van der Waals surface area (Å²) in [4.78, 5) is 31.4. The summed E-state index contributed by atoms with van der Waals surface area (Å²) in [5.41, 5.74) is 2.83. The molecule has 128 valence electrons. The summed E-state index contributed by atoms with van der Waals surface area (Å²) in [5, 5.41) is 0. The van der Waals surface area contributed by atoms with Crippen LogP contribution in [0.3, 0.4) is 0 Å². The van der Waals surface area contributed by atoms with E-state index in [4.69, 9.17) is 4.74 Å². The number of H-pyrrole nitrogens is 2. The SMILES string of the molecule is O=C(CN1CCO[C@H](c2ccccc2)C1)c1ccc2[nH]c(=O)[nH]c2c1. The standard InChI is InChI=1S/C19H19N3O3/c23-17(14-6-7-15-16(10-14)21-19(24)20-15)11-22-8-9-25-18(12-22)13-4-2-1-3-5-13/h1-7,10,18H,8-9,11-12H2,(H2,20,21,24)/t18-/m0/s1. The molecule has 1 saturated heterocycles. The molecule has 2 aromatic carbocycles. The highest BCUT2D eigenvalue weighted by Gasteiger charge is 2.23. The highest BCUT2D eigenvalue weighted by molar-refractivity contribution is 6.00. The Balaban J connectivity index is 1.46. The zero-order chi connectivity index (χ0) is 17.2. The summed E-state index contributed by atoms with van der Waals surface area (Å²) in [5.74, 6) is 0.0395. The van der Waals surface area contributed by atoms with E-state index in [0.29, 0.717) is 36.3 Å². The maximum absolute atomic E-state index is 12.6. The number of hydrogen-bond acceptors (Lipinski definition) is 4. The number of imidazole rings is 1. The van der Waals surface area contributed by atoms with E-state index in [1.807, 2.05) is 30.3 Å². The number of carbonyl (C=O) groups is 1. The fourth-order valence-corrected chi connectivity index (χ4v) is 3.22. The minimum Gasteiger partial charge on any atom is -0.371 e. The lowest BCUT2D eigenvalue weighted by molar-refractivity contribution is -0.0275. The van der Waals surface area contributed by atoms with Crippen LogP contribution < -0.4 is 5.69 Å². The van der Waals surface area contributed by atoms with E-state index in [2.05, 4.69) is 14.9 Å². The molecule has 1 aromatic heterocycles. The average molecular weight is 337 g/mol. The van der Waals surface area contributed by atoms with E-state index in [0.717, 1.165) is 12.1 Å². The van der Waals surface area contributed by atoms with Gasteiger partial charge in [0, 0.05) is 18.7 Å². The van der Waals surface area contributed by atoms with Crippen molar-refractivity contribution >= 4 is 16.8 Å². The van der Waals surface area contributed by atoms with Gasteiger partial charge in [-0.3, -0.25) is 9.69 Å². The number of fused-ring (bicyclic) bond motifs is 1. The molecular weight excluding hydrogens is 318 g/mol. The predicted octanol–water partition coefficient (Wildman–Crippen LogP) is 2.11. The fourth-order valence-electron chi connectivity index (χ4n) is 3.22. The normalized spacial score (nSPS) is 18.5. The number of Topliss-reactive ketones (excluding diaryl/α,β-unsaturated/α-hetero) is 1. The maximum atomic E-state index is 12.6. The molecular formula is C19H19N3O3. The largest absolute Gasteiger partial charge is 0.371 e. The lowest BCUT2D eigenvalue weighted by atomic mass is 10.1. The zero-order valence-electron chi connectivity index (χ0n) is 13.7. The number of aromatic nitrogens is 2. The zero-order valence-corrected chi connectivity index (χ0v) is 13.7. The number of carbonyl (C=O) groups excluding carboxylic acids is 1. The monoisotopic (exact) mass is 337 g/mol. The van der Waals surface area contributed by atoms with Gasteiger partial charge in [0.1, 0.15) is 0 Å². The highest BCUT2D eigenvalue weighted by Crippen LogP contribution is 2.22. The van der Waals surface area contributed by atoms with Crippen LogP contribution in [-0.2, 0) is 4.74 Å². The molecule has 0 amide bonds. The molecule has 4 rings (SSSR count). The molecule has 0 saturated carbocycles. The van der Waals surface area contributed by atoms with Crippen molar-refractivity contribution in [2.75, 3.05) is 26.2 Å². The lowest BCUT2D eigenvalue weighted by Gasteiger charge is -2.32. The Kier molecular flexibility index (Phi) is 4.21. The average Bonchev–Trinajstić information content (AvgIpc) is 3.02. The van der Waals surface area contributed by atoms with E-state index >= 15 is 0 Å². The Labute approximate surface area is 144 Å². The van der Waals surface area contributed by atoms with Crippen LogP contribution >= 0.6 is 0 Å². The lowest BCUT2D eigenvalue weighted by Crippen LogP contribution is -2.41. The number of benzene rings is 2. The molecule has 0 aliphatic carbocycles. The smallest absolute Gasteiger partial charge is 0.323 e. The van der Waals surface area contributed by atoms with Crippen molar-refractivity contribution in [2.24, 2.45) is 0 Å². The van der Waals surface area contributed by atoms with Crippen molar-refractivity contribution in [2.45, 2.75) is 6.10 Å². The molecule has 0 radical (unpaired) electrons. The molecule has 1 aliphatic heterocycles. The van der Waals surface area contributed by atoms with Crippen LogP contribution in [0.1, 0.15) is 22.0 Å². The van der Waals surface area contributed by atoms with E-state index < -0.39 is 0 Å². The summed E-state index contributed by atoms with van der Waals surface area (Å²) >= 11 is 0. The van der Waals surface area contributed by atoms with Gasteiger partial charge in [-0.1, -0.05) is 30.3 Å². The first-order valence-electron chi connectivity index (χ1n) is 8.33. The molecule has 1 aliphatic rings. The fraction of sp³-hybridized carbons (Fsp3) is 0.263. The van der Waals surface area contributed by atoms with Crippen LogP contribution in [0.15, 0.2) is 53.3 Å². The number of aromatic amines is 2. The van der Waals surface area contributed by atoms with Crippen molar-refractivity contribution in [3.05, 3.63) is 70.1 Å². The number of rotatable bonds is 4. The number of ketones is 1. The van der Waals surface area contributed by atoms with E-state index in [9.17, 15) is 9.59 Å². The highest BCUT2D eigenvalue weighted by atomic mass is 16.5. The van der Waals surface area contributed by atoms with Crippen LogP contribution in [0.4, 0.5) is 0 Å². The van der Waals surface area contributed by atoms with Crippen molar-refractivity contribution in [3.63, 3.8) is 0 Å². The quantitative estimate of drug-likeness (QED) is 0.715. The van der Waals surface area contributed by atoms with Gasteiger partial charge in [0.15, 0.2) is 5.78 Å². The molecule has 0 spiro atoms. The predicted molar refractivity (Wildman–Crippen MR) is 94.8 cm³/mol. The topological polar surface area (TPSA) is 78.2 Å². The first kappa shape index (κ1) is 15.8. The summed E-state index contributed by atoms with van der Waals surface area (Å²) in [6.45, 7) is 2.38. The van der Waals surface area contributed by atoms with Crippen LogP contribution in [0, 0.1) is 0 Å². The van der Waals surface area contributed by atoms with Gasteiger partial charge in [-0.2, -0.15) is 0 Å².